The Labute approximate surface area is 132 Å². The minimum Gasteiger partial charge on any atom is -0.383 e. The molecule has 0 radical (unpaired) electrons. The maximum atomic E-state index is 11.4. The molecule has 6 nitrogen and oxygen atoms in total. The zero-order valence-corrected chi connectivity index (χ0v) is 13.4. The number of nitrogens with two attached hydrogens (primary N) is 1. The van der Waals surface area contributed by atoms with Crippen molar-refractivity contribution in [3.05, 3.63) is 0 Å². The summed E-state index contributed by atoms with van der Waals surface area (Å²) >= 11 is 0. The van der Waals surface area contributed by atoms with Crippen molar-refractivity contribution in [3.63, 3.8) is 0 Å². The van der Waals surface area contributed by atoms with Crippen LogP contribution < -0.4 is 11.1 Å². The van der Waals surface area contributed by atoms with Gasteiger partial charge >= 0.3 is 0 Å². The first kappa shape index (κ1) is 20.6. The summed E-state index contributed by atoms with van der Waals surface area (Å²) in [4.78, 5) is 32.1. The molecule has 0 bridgehead atoms. The van der Waals surface area contributed by atoms with Crippen LogP contribution >= 0.6 is 0 Å². The second-order valence-corrected chi connectivity index (χ2v) is 5.61. The van der Waals surface area contributed by atoms with Crippen LogP contribution in [0.4, 0.5) is 0 Å². The Morgan fingerprint density at radius 1 is 0.955 bits per heavy atom. The average molecular weight is 314 g/mol. The molecule has 0 aromatic heterocycles. The molecule has 0 spiro atoms. The lowest BCUT2D eigenvalue weighted by molar-refractivity contribution is -0.133. The Morgan fingerprint density at radius 2 is 1.45 bits per heavy atom. The summed E-state index contributed by atoms with van der Waals surface area (Å²) in [7, 11) is 0. The highest BCUT2D eigenvalue weighted by Crippen LogP contribution is 2.10. The summed E-state index contributed by atoms with van der Waals surface area (Å²) in [6, 6.07) is 0. The molecule has 0 aliphatic heterocycles. The molecule has 0 heterocycles. The topological polar surface area (TPSA) is 109 Å². The van der Waals surface area contributed by atoms with Crippen molar-refractivity contribution in [2.75, 3.05) is 6.54 Å². The van der Waals surface area contributed by atoms with Gasteiger partial charge < -0.3 is 21.0 Å². The largest absolute Gasteiger partial charge is 0.383 e. The predicted octanol–water partition coefficient (Wildman–Crippen LogP) is 1.44. The molecule has 2 amide bonds. The first-order valence-electron chi connectivity index (χ1n) is 8.25. The van der Waals surface area contributed by atoms with E-state index in [9.17, 15) is 19.5 Å². The monoisotopic (exact) mass is 314 g/mol. The van der Waals surface area contributed by atoms with Crippen molar-refractivity contribution in [3.8, 4) is 0 Å². The highest BCUT2D eigenvalue weighted by molar-refractivity contribution is 5.86. The average Bonchev–Trinajstić information content (AvgIpc) is 2.47. The first-order chi connectivity index (χ1) is 10.6. The Kier molecular flexibility index (Phi) is 13.6. The molecule has 1 atom stereocenters. The van der Waals surface area contributed by atoms with E-state index in [0.29, 0.717) is 13.0 Å². The minimum absolute atomic E-state index is 0.335. The molecule has 0 aromatic rings. The molecule has 0 aliphatic rings. The Hall–Kier alpha value is -1.43. The van der Waals surface area contributed by atoms with Crippen molar-refractivity contribution >= 4 is 18.1 Å². The standard InChI is InChI=1S/C16H30N2O4/c17-15(21)13-14(20)16(22)18-11-9-7-5-3-1-2-4-6-8-10-12-19/h12,14,20H,1-11,13H2,(H2,17,21)(H,18,22). The number of nitrogens with one attached hydrogen (secondary N) is 1. The lowest BCUT2D eigenvalue weighted by Crippen LogP contribution is -2.37. The fourth-order valence-corrected chi connectivity index (χ4v) is 2.20. The molecular weight excluding hydrogens is 284 g/mol. The second-order valence-electron chi connectivity index (χ2n) is 5.61. The maximum Gasteiger partial charge on any atom is 0.249 e. The third-order valence-electron chi connectivity index (χ3n) is 3.50. The second kappa shape index (κ2) is 14.5. The zero-order valence-electron chi connectivity index (χ0n) is 13.4. The smallest absolute Gasteiger partial charge is 0.249 e. The van der Waals surface area contributed by atoms with E-state index in [2.05, 4.69) is 5.32 Å². The third-order valence-corrected chi connectivity index (χ3v) is 3.50. The van der Waals surface area contributed by atoms with Crippen LogP contribution in [0.3, 0.4) is 0 Å². The van der Waals surface area contributed by atoms with Crippen molar-refractivity contribution in [1.82, 2.24) is 5.32 Å². The highest BCUT2D eigenvalue weighted by Gasteiger charge is 2.16. The molecule has 0 fully saturated rings. The number of primary amides is 1. The van der Waals surface area contributed by atoms with Crippen molar-refractivity contribution in [2.24, 2.45) is 5.73 Å². The van der Waals surface area contributed by atoms with Gasteiger partial charge in [-0.25, -0.2) is 0 Å². The van der Waals surface area contributed by atoms with Gasteiger partial charge in [-0.3, -0.25) is 9.59 Å². The van der Waals surface area contributed by atoms with Gasteiger partial charge in [-0.15, -0.1) is 0 Å². The first-order valence-corrected chi connectivity index (χ1v) is 8.25. The van der Waals surface area contributed by atoms with Gasteiger partial charge in [-0.05, 0) is 12.8 Å². The molecule has 6 heteroatoms. The van der Waals surface area contributed by atoms with Gasteiger partial charge in [-0.1, -0.05) is 44.9 Å². The van der Waals surface area contributed by atoms with Crippen LogP contribution in [-0.2, 0) is 14.4 Å². The summed E-state index contributed by atoms with van der Waals surface area (Å²) in [5.41, 5.74) is 4.91. The number of hydrogen-bond donors (Lipinski definition) is 3. The zero-order chi connectivity index (χ0) is 16.6. The molecule has 0 aliphatic carbocycles. The summed E-state index contributed by atoms with van der Waals surface area (Å²) < 4.78 is 0. The number of rotatable bonds is 15. The molecule has 0 rings (SSSR count). The fourth-order valence-electron chi connectivity index (χ4n) is 2.20. The SMILES string of the molecule is NC(=O)CC(O)C(=O)NCCCCCCCCCCCC=O. The number of amides is 2. The Balaban J connectivity index is 3.28. The van der Waals surface area contributed by atoms with Gasteiger partial charge in [0.1, 0.15) is 12.4 Å². The summed E-state index contributed by atoms with van der Waals surface area (Å²) in [5.74, 6) is -1.22. The number of carbonyl (C=O) groups excluding carboxylic acids is 3. The van der Waals surface area contributed by atoms with E-state index >= 15 is 0 Å². The van der Waals surface area contributed by atoms with Crippen LogP contribution in [0.15, 0.2) is 0 Å². The van der Waals surface area contributed by atoms with Crippen molar-refractivity contribution in [1.29, 1.82) is 0 Å². The fraction of sp³-hybridized carbons (Fsp3) is 0.812. The van der Waals surface area contributed by atoms with E-state index in [1.54, 1.807) is 0 Å². The van der Waals surface area contributed by atoms with Gasteiger partial charge in [0.05, 0.1) is 6.42 Å². The van der Waals surface area contributed by atoms with E-state index in [-0.39, 0.29) is 6.42 Å². The molecule has 1 unspecified atom stereocenters. The number of hydrogen-bond acceptors (Lipinski definition) is 4. The maximum absolute atomic E-state index is 11.4. The Morgan fingerprint density at radius 3 is 1.95 bits per heavy atom. The van der Waals surface area contributed by atoms with Crippen LogP contribution in [0.1, 0.15) is 70.6 Å². The lowest BCUT2D eigenvalue weighted by Gasteiger charge is -2.09. The van der Waals surface area contributed by atoms with Gasteiger partial charge in [-0.2, -0.15) is 0 Å². The number of unbranched alkanes of at least 4 members (excludes halogenated alkanes) is 9. The highest BCUT2D eigenvalue weighted by atomic mass is 16.3. The number of carbonyl (C=O) groups is 3. The molecule has 0 saturated carbocycles. The van der Waals surface area contributed by atoms with Gasteiger partial charge in [0.25, 0.3) is 0 Å². The normalized spacial score (nSPS) is 11.9. The summed E-state index contributed by atoms with van der Waals surface area (Å²) in [6.45, 7) is 0.514. The molecule has 128 valence electrons. The van der Waals surface area contributed by atoms with E-state index in [0.717, 1.165) is 38.4 Å². The van der Waals surface area contributed by atoms with E-state index in [1.165, 1.54) is 25.7 Å². The van der Waals surface area contributed by atoms with Crippen molar-refractivity contribution in [2.45, 2.75) is 76.7 Å². The lowest BCUT2D eigenvalue weighted by atomic mass is 10.1. The van der Waals surface area contributed by atoms with E-state index < -0.39 is 17.9 Å². The summed E-state index contributed by atoms with van der Waals surface area (Å²) in [6.07, 6.45) is 9.98. The number of aliphatic hydroxyl groups excluding tert-OH is 1. The number of aliphatic hydroxyl groups is 1. The van der Waals surface area contributed by atoms with Crippen LogP contribution in [0.25, 0.3) is 0 Å². The van der Waals surface area contributed by atoms with Gasteiger partial charge in [0.2, 0.25) is 11.8 Å². The van der Waals surface area contributed by atoms with E-state index in [4.69, 9.17) is 5.73 Å². The van der Waals surface area contributed by atoms with Gasteiger partial charge in [0, 0.05) is 13.0 Å². The van der Waals surface area contributed by atoms with Crippen LogP contribution in [0.5, 0.6) is 0 Å². The quantitative estimate of drug-likeness (QED) is 0.314. The van der Waals surface area contributed by atoms with Crippen LogP contribution in [-0.4, -0.2) is 35.9 Å². The minimum atomic E-state index is -1.34. The summed E-state index contributed by atoms with van der Waals surface area (Å²) in [5, 5.41) is 11.9. The predicted molar refractivity (Wildman–Crippen MR) is 85.1 cm³/mol. The van der Waals surface area contributed by atoms with E-state index in [1.807, 2.05) is 0 Å². The molecule has 0 saturated heterocycles. The van der Waals surface area contributed by atoms with Gasteiger partial charge in [0.15, 0.2) is 0 Å². The Bertz CT molecular complexity index is 321. The third kappa shape index (κ3) is 13.5. The molecule has 4 N–H and O–H groups in total. The number of aldehydes is 1. The van der Waals surface area contributed by atoms with Crippen LogP contribution in [0, 0.1) is 0 Å². The van der Waals surface area contributed by atoms with Crippen molar-refractivity contribution < 1.29 is 19.5 Å². The van der Waals surface area contributed by atoms with Crippen LogP contribution in [0.2, 0.25) is 0 Å². The molecular formula is C16H30N2O4. The molecule has 22 heavy (non-hydrogen) atoms. The molecule has 0 aromatic carbocycles.